The lowest BCUT2D eigenvalue weighted by Crippen LogP contribution is -2.62. The summed E-state index contributed by atoms with van der Waals surface area (Å²) in [4.78, 5) is 0. The topological polar surface area (TPSA) is 80.9 Å². The maximum absolute atomic E-state index is 11.6. The van der Waals surface area contributed by atoms with Gasteiger partial charge in [-0.1, -0.05) is 33.6 Å². The summed E-state index contributed by atoms with van der Waals surface area (Å²) in [5.74, 6) is 2.44. The number of rotatable bonds is 5. The molecule has 0 aromatic carbocycles. The Morgan fingerprint density at radius 2 is 1.68 bits per heavy atom. The van der Waals surface area contributed by atoms with Gasteiger partial charge in [0.15, 0.2) is 0 Å². The van der Waals surface area contributed by atoms with Crippen LogP contribution in [0.1, 0.15) is 98.8 Å². The number of hydrogen-bond donors (Lipinski definition) is 4. The van der Waals surface area contributed by atoms with Crippen LogP contribution in [0.5, 0.6) is 0 Å². The van der Waals surface area contributed by atoms with E-state index in [0.29, 0.717) is 35.5 Å². The van der Waals surface area contributed by atoms with Crippen molar-refractivity contribution in [1.29, 1.82) is 0 Å². The van der Waals surface area contributed by atoms with Crippen molar-refractivity contribution in [3.05, 3.63) is 0 Å². The number of aliphatic hydroxyl groups is 4. The minimum atomic E-state index is -0.606. The molecule has 4 rings (SSSR count). The fourth-order valence-electron chi connectivity index (χ4n) is 9.19. The van der Waals surface area contributed by atoms with Crippen LogP contribution < -0.4 is 0 Å². The molecule has 0 radical (unpaired) electrons. The third-order valence-corrected chi connectivity index (χ3v) is 11.0. The lowest BCUT2D eigenvalue weighted by atomic mass is 9.43. The summed E-state index contributed by atoms with van der Waals surface area (Å²) in [5.41, 5.74) is -0.583. The fraction of sp³-hybridized carbons (Fsp3) is 1.00. The molecule has 0 saturated heterocycles. The second-order valence-electron chi connectivity index (χ2n) is 13.2. The maximum atomic E-state index is 11.6. The molecule has 11 unspecified atom stereocenters. The van der Waals surface area contributed by atoms with Gasteiger partial charge in [0, 0.05) is 0 Å². The van der Waals surface area contributed by atoms with E-state index >= 15 is 0 Å². The Kier molecular flexibility index (Phi) is 6.38. The molecular weight excluding hydrogens is 388 g/mol. The molecule has 4 aliphatic rings. The molecule has 0 bridgehead atoms. The SMILES string of the molecule is CC(CCCC(C)(C)O)C1CCC2C3C(O)CC4CC(O)CCC4(C)C3CC(O)C12C. The Morgan fingerprint density at radius 1 is 0.968 bits per heavy atom. The molecule has 4 heteroatoms. The van der Waals surface area contributed by atoms with Gasteiger partial charge in [-0.15, -0.1) is 0 Å². The van der Waals surface area contributed by atoms with Crippen LogP contribution >= 0.6 is 0 Å². The third-order valence-electron chi connectivity index (χ3n) is 11.0. The molecule has 180 valence electrons. The van der Waals surface area contributed by atoms with Gasteiger partial charge in [-0.25, -0.2) is 0 Å². The Morgan fingerprint density at radius 3 is 2.35 bits per heavy atom. The molecule has 4 fully saturated rings. The first-order chi connectivity index (χ1) is 14.4. The van der Waals surface area contributed by atoms with Crippen LogP contribution in [0.15, 0.2) is 0 Å². The fourth-order valence-corrected chi connectivity index (χ4v) is 9.19. The van der Waals surface area contributed by atoms with Gasteiger partial charge in [-0.05, 0) is 112 Å². The summed E-state index contributed by atoms with van der Waals surface area (Å²) >= 11 is 0. The van der Waals surface area contributed by atoms with E-state index in [1.54, 1.807) is 0 Å². The van der Waals surface area contributed by atoms with E-state index in [2.05, 4.69) is 20.8 Å². The molecule has 11 atom stereocenters. The predicted molar refractivity (Wildman–Crippen MR) is 123 cm³/mol. The quantitative estimate of drug-likeness (QED) is 0.511. The van der Waals surface area contributed by atoms with Gasteiger partial charge < -0.3 is 20.4 Å². The van der Waals surface area contributed by atoms with E-state index in [1.165, 1.54) is 0 Å². The lowest BCUT2D eigenvalue weighted by molar-refractivity contribution is -0.207. The van der Waals surface area contributed by atoms with Gasteiger partial charge in [0.1, 0.15) is 0 Å². The molecule has 4 nitrogen and oxygen atoms in total. The van der Waals surface area contributed by atoms with E-state index in [1.807, 2.05) is 13.8 Å². The number of hydrogen-bond acceptors (Lipinski definition) is 4. The molecule has 0 aliphatic heterocycles. The van der Waals surface area contributed by atoms with Crippen LogP contribution in [0.25, 0.3) is 0 Å². The highest BCUT2D eigenvalue weighted by molar-refractivity contribution is 5.14. The molecule has 4 aliphatic carbocycles. The summed E-state index contributed by atoms with van der Waals surface area (Å²) in [5, 5.41) is 43.3. The van der Waals surface area contributed by atoms with Gasteiger partial charge in [-0.3, -0.25) is 0 Å². The van der Waals surface area contributed by atoms with Gasteiger partial charge >= 0.3 is 0 Å². The van der Waals surface area contributed by atoms with Gasteiger partial charge in [0.25, 0.3) is 0 Å². The maximum Gasteiger partial charge on any atom is 0.0602 e. The minimum absolute atomic E-state index is 0.117. The summed E-state index contributed by atoms with van der Waals surface area (Å²) < 4.78 is 0. The second-order valence-corrected chi connectivity index (χ2v) is 13.2. The Bertz CT molecular complexity index is 644. The van der Waals surface area contributed by atoms with Crippen molar-refractivity contribution in [2.75, 3.05) is 0 Å². The van der Waals surface area contributed by atoms with Crippen LogP contribution in [0.4, 0.5) is 0 Å². The average Bonchev–Trinajstić information content (AvgIpc) is 3.01. The van der Waals surface area contributed by atoms with Crippen LogP contribution in [0, 0.1) is 46.3 Å². The van der Waals surface area contributed by atoms with Crippen LogP contribution in [0.2, 0.25) is 0 Å². The summed E-state index contributed by atoms with van der Waals surface area (Å²) in [6.45, 7) is 10.8. The highest BCUT2D eigenvalue weighted by Crippen LogP contribution is 2.68. The highest BCUT2D eigenvalue weighted by atomic mass is 16.3. The number of fused-ring (bicyclic) bond motifs is 5. The van der Waals surface area contributed by atoms with Crippen LogP contribution in [-0.4, -0.2) is 44.3 Å². The monoisotopic (exact) mass is 436 g/mol. The normalized spacial score (nSPS) is 51.0. The van der Waals surface area contributed by atoms with Crippen molar-refractivity contribution in [2.45, 2.75) is 123 Å². The zero-order valence-corrected chi connectivity index (χ0v) is 20.6. The molecule has 31 heavy (non-hydrogen) atoms. The second kappa shape index (κ2) is 8.25. The Hall–Kier alpha value is -0.160. The van der Waals surface area contributed by atoms with Gasteiger partial charge in [-0.2, -0.15) is 0 Å². The Labute approximate surface area is 189 Å². The van der Waals surface area contributed by atoms with Gasteiger partial charge in [0.05, 0.1) is 23.9 Å². The van der Waals surface area contributed by atoms with E-state index in [0.717, 1.165) is 64.2 Å². The van der Waals surface area contributed by atoms with Crippen molar-refractivity contribution in [3.8, 4) is 0 Å². The molecule has 0 aromatic heterocycles. The third kappa shape index (κ3) is 4.02. The summed E-state index contributed by atoms with van der Waals surface area (Å²) in [7, 11) is 0. The Balaban J connectivity index is 1.54. The van der Waals surface area contributed by atoms with Crippen LogP contribution in [-0.2, 0) is 0 Å². The number of aliphatic hydroxyl groups excluding tert-OH is 3. The van der Waals surface area contributed by atoms with Crippen LogP contribution in [0.3, 0.4) is 0 Å². The van der Waals surface area contributed by atoms with E-state index in [9.17, 15) is 20.4 Å². The molecule has 0 heterocycles. The minimum Gasteiger partial charge on any atom is -0.393 e. The zero-order chi connectivity index (χ0) is 22.8. The average molecular weight is 437 g/mol. The van der Waals surface area contributed by atoms with Gasteiger partial charge in [0.2, 0.25) is 0 Å². The first kappa shape index (κ1) is 24.0. The first-order valence-electron chi connectivity index (χ1n) is 13.1. The summed E-state index contributed by atoms with van der Waals surface area (Å²) in [6, 6.07) is 0. The van der Waals surface area contributed by atoms with Crippen molar-refractivity contribution >= 4 is 0 Å². The lowest BCUT2D eigenvalue weighted by Gasteiger charge is -2.63. The molecule has 4 N–H and O–H groups in total. The highest BCUT2D eigenvalue weighted by Gasteiger charge is 2.65. The largest absolute Gasteiger partial charge is 0.393 e. The molecule has 0 aromatic rings. The molecule has 4 saturated carbocycles. The van der Waals surface area contributed by atoms with Crippen molar-refractivity contribution in [3.63, 3.8) is 0 Å². The van der Waals surface area contributed by atoms with Crippen molar-refractivity contribution in [2.24, 2.45) is 46.3 Å². The van der Waals surface area contributed by atoms with E-state index < -0.39 is 5.60 Å². The summed E-state index contributed by atoms with van der Waals surface area (Å²) in [6.07, 6.45) is 8.73. The van der Waals surface area contributed by atoms with E-state index in [-0.39, 0.29) is 29.1 Å². The first-order valence-corrected chi connectivity index (χ1v) is 13.1. The standard InChI is InChI=1S/C27H48O4/c1-16(7-6-11-25(2,3)31)19-8-9-20-24-21(15-23(30)27(19,20)5)26(4)12-10-18(28)13-17(26)14-22(24)29/h16-24,28-31H,6-15H2,1-5H3. The van der Waals surface area contributed by atoms with Crippen molar-refractivity contribution < 1.29 is 20.4 Å². The molecular formula is C27H48O4. The molecule has 0 amide bonds. The zero-order valence-electron chi connectivity index (χ0n) is 20.6. The van der Waals surface area contributed by atoms with Crippen molar-refractivity contribution in [1.82, 2.24) is 0 Å². The molecule has 0 spiro atoms. The predicted octanol–water partition coefficient (Wildman–Crippen LogP) is 4.53. The van der Waals surface area contributed by atoms with E-state index in [4.69, 9.17) is 0 Å². The smallest absolute Gasteiger partial charge is 0.0602 e.